The smallest absolute Gasteiger partial charge is 0.326 e. The van der Waals surface area contributed by atoms with Crippen LogP contribution in [0.2, 0.25) is 0 Å². The Morgan fingerprint density at radius 2 is 1.25 bits per heavy atom. The highest BCUT2D eigenvalue weighted by Gasteiger charge is 2.35. The molecule has 8 amide bonds. The van der Waals surface area contributed by atoms with Gasteiger partial charge in [-0.25, -0.2) is 4.79 Å². The van der Waals surface area contributed by atoms with Crippen molar-refractivity contribution in [3.63, 3.8) is 0 Å². The van der Waals surface area contributed by atoms with Gasteiger partial charge in [-0.15, -0.1) is 0 Å². The third kappa shape index (κ3) is 19.0. The van der Waals surface area contributed by atoms with Crippen molar-refractivity contribution in [3.05, 3.63) is 0 Å². The van der Waals surface area contributed by atoms with E-state index in [1.165, 1.54) is 6.92 Å². The summed E-state index contributed by atoms with van der Waals surface area (Å²) in [6, 6.07) is -7.92. The minimum atomic E-state index is -1.67. The molecule has 1 aliphatic heterocycles. The van der Waals surface area contributed by atoms with Crippen molar-refractivity contribution in [2.45, 2.75) is 149 Å². The minimum Gasteiger partial charge on any atom is -0.480 e. The molecule has 59 heavy (non-hydrogen) atoms. The Kier molecular flexibility index (Phi) is 22.9. The van der Waals surface area contributed by atoms with Gasteiger partial charge in [-0.3, -0.25) is 43.3 Å². The van der Waals surface area contributed by atoms with Gasteiger partial charge in [0.2, 0.25) is 47.3 Å². The Balaban J connectivity index is 3.27. The van der Waals surface area contributed by atoms with E-state index < -0.39 is 102 Å². The number of hydrogen-bond acceptors (Lipinski definition) is 11. The molecule has 0 spiro atoms. The lowest BCUT2D eigenvalue weighted by atomic mass is 9.95. The summed E-state index contributed by atoms with van der Waals surface area (Å²) in [6.45, 7) is 14.1. The molecule has 0 radical (unpaired) electrons. The predicted molar refractivity (Wildman–Crippen MR) is 219 cm³/mol. The molecule has 0 aromatic carbocycles. The van der Waals surface area contributed by atoms with Gasteiger partial charge in [0, 0.05) is 12.8 Å². The first-order chi connectivity index (χ1) is 27.6. The normalized spacial score (nSPS) is 18.3. The first kappa shape index (κ1) is 51.9. The van der Waals surface area contributed by atoms with Crippen LogP contribution in [0.25, 0.3) is 0 Å². The second-order valence-electron chi connectivity index (χ2n) is 16.2. The second-order valence-corrected chi connectivity index (χ2v) is 16.2. The zero-order valence-electron chi connectivity index (χ0n) is 35.7. The number of rotatable bonds is 27. The van der Waals surface area contributed by atoms with E-state index in [2.05, 4.69) is 42.2 Å². The first-order valence-corrected chi connectivity index (χ1v) is 20.4. The molecule has 1 heterocycles. The number of nitrogens with zero attached hydrogens (tertiary/aromatic N) is 1. The lowest BCUT2D eigenvalue weighted by Crippen LogP contribution is -2.60. The van der Waals surface area contributed by atoms with Gasteiger partial charge in [-0.05, 0) is 69.1 Å². The van der Waals surface area contributed by atoms with Gasteiger partial charge >= 0.3 is 5.97 Å². The Bertz CT molecular complexity index is 1510. The van der Waals surface area contributed by atoms with Crippen molar-refractivity contribution in [1.82, 2.24) is 37.2 Å². The van der Waals surface area contributed by atoms with Gasteiger partial charge in [0.15, 0.2) is 0 Å². The Morgan fingerprint density at radius 3 is 1.75 bits per heavy atom. The largest absolute Gasteiger partial charge is 0.480 e. The number of hydrogen-bond donors (Lipinski definition) is 10. The molecule has 20 nitrogen and oxygen atoms in total. The average Bonchev–Trinajstić information content (AvgIpc) is 3.59. The molecule has 0 unspecified atom stereocenters. The van der Waals surface area contributed by atoms with E-state index >= 15 is 0 Å². The minimum absolute atomic E-state index is 0.000970. The number of nitrogens with one attached hydrogen (secondary N) is 7. The number of aliphatic carboxylic acids is 1. The number of carboxylic acids is 1. The van der Waals surface area contributed by atoms with Crippen molar-refractivity contribution < 1.29 is 48.3 Å². The molecule has 0 bridgehead atoms. The van der Waals surface area contributed by atoms with Gasteiger partial charge in [-0.2, -0.15) is 0 Å². The number of carbonyl (C=O) groups excluding carboxylic acids is 8. The third-order valence-corrected chi connectivity index (χ3v) is 9.85. The molecular weight excluding hydrogens is 768 g/mol. The van der Waals surface area contributed by atoms with Crippen LogP contribution in [0.1, 0.15) is 107 Å². The Labute approximate surface area is 346 Å². The fourth-order valence-corrected chi connectivity index (χ4v) is 6.23. The molecule has 0 fully saturated rings. The molecular formula is C39H68N10O10. The van der Waals surface area contributed by atoms with Crippen LogP contribution in [0, 0.1) is 23.7 Å². The van der Waals surface area contributed by atoms with E-state index in [0.29, 0.717) is 25.7 Å². The molecule has 334 valence electrons. The molecule has 1 rings (SSSR count). The van der Waals surface area contributed by atoms with E-state index in [1.807, 2.05) is 34.6 Å². The maximum absolute atomic E-state index is 14.0. The van der Waals surface area contributed by atoms with E-state index in [4.69, 9.17) is 11.5 Å². The van der Waals surface area contributed by atoms with Gasteiger partial charge < -0.3 is 53.8 Å². The monoisotopic (exact) mass is 837 g/mol. The maximum atomic E-state index is 14.0. The SMILES string of the molecule is CC[C@H](C)[C@H](NC(=O)[C@H](CC(C)C)NC(=O)[C@H](CC(C)C)NC(=O)[C@H](C)NC(=O)CN)C(=O)N[C@@H](CCCCNC(=O)[C@@H]1N=CC[C@H]1C)C(=O)N[C@@H](CC(N)=O)C(=O)O. The van der Waals surface area contributed by atoms with Crippen LogP contribution in [0.15, 0.2) is 4.99 Å². The Hall–Kier alpha value is -5.14. The lowest BCUT2D eigenvalue weighted by molar-refractivity contribution is -0.144. The Morgan fingerprint density at radius 1 is 0.729 bits per heavy atom. The van der Waals surface area contributed by atoms with E-state index in [0.717, 1.165) is 0 Å². The van der Waals surface area contributed by atoms with Gasteiger partial charge in [0.05, 0.1) is 13.0 Å². The lowest BCUT2D eigenvalue weighted by Gasteiger charge is -2.30. The molecule has 12 N–H and O–H groups in total. The maximum Gasteiger partial charge on any atom is 0.326 e. The van der Waals surface area contributed by atoms with Crippen molar-refractivity contribution in [1.29, 1.82) is 0 Å². The zero-order chi connectivity index (χ0) is 45.0. The molecule has 0 saturated carbocycles. The van der Waals surface area contributed by atoms with E-state index in [9.17, 15) is 48.3 Å². The zero-order valence-corrected chi connectivity index (χ0v) is 35.7. The van der Waals surface area contributed by atoms with Crippen molar-refractivity contribution >= 4 is 59.4 Å². The summed E-state index contributed by atoms with van der Waals surface area (Å²) >= 11 is 0. The number of amides is 8. The highest BCUT2D eigenvalue weighted by Crippen LogP contribution is 2.17. The van der Waals surface area contributed by atoms with Crippen LogP contribution >= 0.6 is 0 Å². The average molecular weight is 837 g/mol. The number of carbonyl (C=O) groups is 9. The molecule has 0 aromatic rings. The topological polar surface area (TPSA) is 322 Å². The highest BCUT2D eigenvalue weighted by atomic mass is 16.4. The summed E-state index contributed by atoms with van der Waals surface area (Å²) in [5, 5.41) is 27.9. The number of primary amides is 1. The summed E-state index contributed by atoms with van der Waals surface area (Å²) < 4.78 is 0. The molecule has 20 heteroatoms. The molecule has 0 saturated heterocycles. The standard InChI is InChI=1S/C39H68N10O10/c1-9-22(6)32(49-36(55)27(17-21(4)5)47-35(54)26(16-20(2)3)46-33(52)24(8)44-30(51)19-40)38(57)45-25(34(53)48-28(39(58)59)18-29(41)50)12-10-11-14-43-37(56)31-23(7)13-15-42-31/h15,20-28,31-32H,9-14,16-19,40H2,1-8H3,(H2,41,50)(H,43,56)(H,44,51)(H,45,57)(H,46,52)(H,47,54)(H,48,53)(H,49,55)(H,58,59)/t22-,23+,24-,25-,26-,27-,28-,31+,32-/m0/s1. The number of unbranched alkanes of at least 4 members (excludes halogenated alkanes) is 1. The summed E-state index contributed by atoms with van der Waals surface area (Å²) in [4.78, 5) is 120. The summed E-state index contributed by atoms with van der Waals surface area (Å²) in [6.07, 6.45) is 3.16. The molecule has 1 aliphatic rings. The fraction of sp³-hybridized carbons (Fsp3) is 0.744. The number of carboxylic acid groups (broad SMARTS) is 1. The van der Waals surface area contributed by atoms with Crippen molar-refractivity contribution in [2.75, 3.05) is 13.1 Å². The van der Waals surface area contributed by atoms with Crippen molar-refractivity contribution in [2.24, 2.45) is 40.1 Å². The van der Waals surface area contributed by atoms with Gasteiger partial charge in [0.1, 0.15) is 42.3 Å². The van der Waals surface area contributed by atoms with Crippen LogP contribution in [0.4, 0.5) is 0 Å². The van der Waals surface area contributed by atoms with Crippen molar-refractivity contribution in [3.8, 4) is 0 Å². The number of nitrogens with two attached hydrogens (primary N) is 2. The predicted octanol–water partition coefficient (Wildman–Crippen LogP) is -1.26. The molecule has 0 aromatic heterocycles. The van der Waals surface area contributed by atoms with Gasteiger partial charge in [-0.1, -0.05) is 54.9 Å². The summed E-state index contributed by atoms with van der Waals surface area (Å²) in [5.74, 6) is -7.52. The number of aliphatic imine (C=N–C) groups is 1. The quantitative estimate of drug-likeness (QED) is 0.0436. The van der Waals surface area contributed by atoms with Crippen LogP contribution < -0.4 is 48.7 Å². The summed E-state index contributed by atoms with van der Waals surface area (Å²) in [7, 11) is 0. The van der Waals surface area contributed by atoms with Crippen LogP contribution in [-0.4, -0.2) is 120 Å². The highest BCUT2D eigenvalue weighted by molar-refractivity contribution is 5.97. The second kappa shape index (κ2) is 26.1. The van der Waals surface area contributed by atoms with Gasteiger partial charge in [0.25, 0.3) is 0 Å². The third-order valence-electron chi connectivity index (χ3n) is 9.85. The molecule has 0 aliphatic carbocycles. The first-order valence-electron chi connectivity index (χ1n) is 20.4. The van der Waals surface area contributed by atoms with Crippen LogP contribution in [0.5, 0.6) is 0 Å². The molecule has 9 atom stereocenters. The van der Waals surface area contributed by atoms with E-state index in [-0.39, 0.29) is 56.0 Å². The summed E-state index contributed by atoms with van der Waals surface area (Å²) in [5.41, 5.74) is 10.5. The van der Waals surface area contributed by atoms with Crippen LogP contribution in [-0.2, 0) is 43.2 Å². The van der Waals surface area contributed by atoms with E-state index in [1.54, 1.807) is 20.1 Å². The fourth-order valence-electron chi connectivity index (χ4n) is 6.23. The van der Waals surface area contributed by atoms with Crippen LogP contribution in [0.3, 0.4) is 0 Å².